The van der Waals surface area contributed by atoms with Gasteiger partial charge in [0.25, 0.3) is 11.2 Å². The minimum atomic E-state index is -0.474. The molecule has 0 atom stereocenters. The van der Waals surface area contributed by atoms with Gasteiger partial charge in [-0.05, 0) is 13.5 Å². The number of nitrogens with zero attached hydrogens (tertiary/aromatic N) is 2. The third-order valence-corrected chi connectivity index (χ3v) is 2.28. The van der Waals surface area contributed by atoms with Crippen molar-refractivity contribution in [3.05, 3.63) is 38.3 Å². The van der Waals surface area contributed by atoms with Gasteiger partial charge in [0.05, 0.1) is 11.1 Å². The Hall–Kier alpha value is -1.69. The molecular formula is C10H15N3O3. The van der Waals surface area contributed by atoms with Crippen LogP contribution in [0.4, 0.5) is 5.69 Å². The minimum absolute atomic E-state index is 0.0175. The monoisotopic (exact) mass is 225 g/mol. The van der Waals surface area contributed by atoms with E-state index in [4.69, 9.17) is 0 Å². The van der Waals surface area contributed by atoms with Crippen molar-refractivity contribution >= 4 is 5.69 Å². The van der Waals surface area contributed by atoms with Gasteiger partial charge in [0.15, 0.2) is 0 Å². The maximum atomic E-state index is 11.5. The molecule has 88 valence electrons. The van der Waals surface area contributed by atoms with Crippen LogP contribution >= 0.6 is 0 Å². The van der Waals surface area contributed by atoms with Gasteiger partial charge < -0.3 is 9.88 Å². The number of nitrogens with one attached hydrogen (secondary N) is 1. The molecule has 1 N–H and O–H groups in total. The second-order valence-corrected chi connectivity index (χ2v) is 3.48. The lowest BCUT2D eigenvalue weighted by atomic mass is 10.2. The van der Waals surface area contributed by atoms with Crippen LogP contribution < -0.4 is 10.9 Å². The number of hydrogen-bond acceptors (Lipinski definition) is 4. The first kappa shape index (κ1) is 12.4. The van der Waals surface area contributed by atoms with Crippen LogP contribution in [0.5, 0.6) is 0 Å². The first-order valence-electron chi connectivity index (χ1n) is 5.12. The van der Waals surface area contributed by atoms with E-state index < -0.39 is 4.92 Å². The first-order chi connectivity index (χ1) is 7.56. The van der Waals surface area contributed by atoms with Crippen LogP contribution in [0.2, 0.25) is 0 Å². The van der Waals surface area contributed by atoms with E-state index in [1.165, 1.54) is 16.8 Å². The Morgan fingerprint density at radius 3 is 2.81 bits per heavy atom. The number of aromatic nitrogens is 1. The Kier molecular flexibility index (Phi) is 4.19. The lowest BCUT2D eigenvalue weighted by molar-refractivity contribution is -0.385. The number of rotatable bonds is 5. The predicted octanol–water partition coefficient (Wildman–Crippen LogP) is 0.674. The molecule has 0 amide bonds. The van der Waals surface area contributed by atoms with Crippen molar-refractivity contribution in [3.8, 4) is 0 Å². The van der Waals surface area contributed by atoms with Crippen LogP contribution in [0, 0.1) is 17.0 Å². The molecule has 0 aliphatic carbocycles. The van der Waals surface area contributed by atoms with Crippen LogP contribution in [-0.2, 0) is 6.54 Å². The van der Waals surface area contributed by atoms with Gasteiger partial charge in [0, 0.05) is 24.7 Å². The van der Waals surface area contributed by atoms with Crippen molar-refractivity contribution in [1.82, 2.24) is 9.88 Å². The number of hydrogen-bond donors (Lipinski definition) is 1. The Morgan fingerprint density at radius 1 is 1.56 bits per heavy atom. The predicted molar refractivity (Wildman–Crippen MR) is 60.6 cm³/mol. The highest BCUT2D eigenvalue weighted by Crippen LogP contribution is 2.13. The molecule has 1 heterocycles. The molecule has 1 rings (SSSR count). The van der Waals surface area contributed by atoms with Crippen molar-refractivity contribution in [2.45, 2.75) is 20.4 Å². The summed E-state index contributed by atoms with van der Waals surface area (Å²) < 4.78 is 1.35. The molecule has 6 nitrogen and oxygen atoms in total. The zero-order chi connectivity index (χ0) is 12.1. The summed E-state index contributed by atoms with van der Waals surface area (Å²) >= 11 is 0. The van der Waals surface area contributed by atoms with Gasteiger partial charge in [-0.25, -0.2) is 0 Å². The number of pyridine rings is 1. The van der Waals surface area contributed by atoms with Crippen molar-refractivity contribution in [2.75, 3.05) is 13.1 Å². The molecule has 0 saturated heterocycles. The Morgan fingerprint density at radius 2 is 2.25 bits per heavy atom. The summed E-state index contributed by atoms with van der Waals surface area (Å²) in [6, 6.07) is 1.30. The number of likely N-dealkylation sites (N-methyl/N-ethyl adjacent to an activating group) is 1. The maximum Gasteiger partial charge on any atom is 0.288 e. The lowest BCUT2D eigenvalue weighted by Crippen LogP contribution is -2.26. The summed E-state index contributed by atoms with van der Waals surface area (Å²) in [4.78, 5) is 21.7. The van der Waals surface area contributed by atoms with E-state index in [9.17, 15) is 14.9 Å². The van der Waals surface area contributed by atoms with Crippen LogP contribution in [0.1, 0.15) is 12.5 Å². The summed E-state index contributed by atoms with van der Waals surface area (Å²) in [6.07, 6.45) is 1.30. The molecule has 1 aromatic heterocycles. The fourth-order valence-corrected chi connectivity index (χ4v) is 1.40. The van der Waals surface area contributed by atoms with Gasteiger partial charge in [0.1, 0.15) is 0 Å². The maximum absolute atomic E-state index is 11.5. The van der Waals surface area contributed by atoms with Gasteiger partial charge in [-0.1, -0.05) is 6.92 Å². The molecule has 0 unspecified atom stereocenters. The van der Waals surface area contributed by atoms with Crippen molar-refractivity contribution in [2.24, 2.45) is 0 Å². The fraction of sp³-hybridized carbons (Fsp3) is 0.500. The molecule has 6 heteroatoms. The van der Waals surface area contributed by atoms with Crippen LogP contribution in [-0.4, -0.2) is 22.6 Å². The Bertz CT molecular complexity index is 439. The average molecular weight is 225 g/mol. The molecule has 0 radical (unpaired) electrons. The van der Waals surface area contributed by atoms with E-state index in [1.807, 2.05) is 6.92 Å². The van der Waals surface area contributed by atoms with Gasteiger partial charge in [0.2, 0.25) is 0 Å². The highest BCUT2D eigenvalue weighted by Gasteiger charge is 2.12. The van der Waals surface area contributed by atoms with Crippen molar-refractivity contribution < 1.29 is 4.92 Å². The topological polar surface area (TPSA) is 77.2 Å². The van der Waals surface area contributed by atoms with Gasteiger partial charge in [-0.3, -0.25) is 14.9 Å². The van der Waals surface area contributed by atoms with Crippen LogP contribution in [0.3, 0.4) is 0 Å². The third-order valence-electron chi connectivity index (χ3n) is 2.28. The Balaban J connectivity index is 2.96. The molecule has 0 bridgehead atoms. The molecule has 1 aromatic rings. The van der Waals surface area contributed by atoms with E-state index in [1.54, 1.807) is 6.92 Å². The number of aryl methyl sites for hydroxylation is 1. The summed E-state index contributed by atoms with van der Waals surface area (Å²) in [7, 11) is 0. The fourth-order valence-electron chi connectivity index (χ4n) is 1.40. The standard InChI is InChI=1S/C10H15N3O3/c1-3-11-4-5-12-7-9(13(15)16)8(2)6-10(12)14/h6-7,11H,3-5H2,1-2H3. The highest BCUT2D eigenvalue weighted by atomic mass is 16.6. The van der Waals surface area contributed by atoms with Gasteiger partial charge in [-0.2, -0.15) is 0 Å². The second kappa shape index (κ2) is 5.41. The molecule has 16 heavy (non-hydrogen) atoms. The zero-order valence-electron chi connectivity index (χ0n) is 9.40. The summed E-state index contributed by atoms with van der Waals surface area (Å²) in [5.74, 6) is 0. The summed E-state index contributed by atoms with van der Waals surface area (Å²) in [5, 5.41) is 13.7. The molecule has 0 aliphatic rings. The van der Waals surface area contributed by atoms with Crippen molar-refractivity contribution in [3.63, 3.8) is 0 Å². The van der Waals surface area contributed by atoms with Crippen LogP contribution in [0.15, 0.2) is 17.1 Å². The van der Waals surface area contributed by atoms with E-state index >= 15 is 0 Å². The average Bonchev–Trinajstić information content (AvgIpc) is 2.21. The van der Waals surface area contributed by atoms with Crippen LogP contribution in [0.25, 0.3) is 0 Å². The number of nitro groups is 1. The minimum Gasteiger partial charge on any atom is -0.315 e. The smallest absolute Gasteiger partial charge is 0.288 e. The molecule has 0 fully saturated rings. The van der Waals surface area contributed by atoms with Crippen molar-refractivity contribution in [1.29, 1.82) is 0 Å². The zero-order valence-corrected chi connectivity index (χ0v) is 9.40. The lowest BCUT2D eigenvalue weighted by Gasteiger charge is -2.06. The molecule has 0 spiro atoms. The molecule has 0 saturated carbocycles. The van der Waals surface area contributed by atoms with E-state index in [2.05, 4.69) is 5.32 Å². The first-order valence-corrected chi connectivity index (χ1v) is 5.12. The van der Waals surface area contributed by atoms with E-state index in [0.717, 1.165) is 6.54 Å². The van der Waals surface area contributed by atoms with Gasteiger partial charge in [-0.15, -0.1) is 0 Å². The second-order valence-electron chi connectivity index (χ2n) is 3.48. The normalized spacial score (nSPS) is 10.4. The van der Waals surface area contributed by atoms with E-state index in [0.29, 0.717) is 18.7 Å². The quantitative estimate of drug-likeness (QED) is 0.454. The Labute approximate surface area is 93.1 Å². The van der Waals surface area contributed by atoms with Gasteiger partial charge >= 0.3 is 0 Å². The summed E-state index contributed by atoms with van der Waals surface area (Å²) in [5.41, 5.74) is 0.173. The third kappa shape index (κ3) is 2.90. The molecule has 0 aromatic carbocycles. The molecule has 0 aliphatic heterocycles. The SMILES string of the molecule is CCNCCn1cc([N+](=O)[O-])c(C)cc1=O. The van der Waals surface area contributed by atoms with E-state index in [-0.39, 0.29) is 11.2 Å². The molecular weight excluding hydrogens is 210 g/mol. The summed E-state index contributed by atoms with van der Waals surface area (Å²) in [6.45, 7) is 5.39. The largest absolute Gasteiger partial charge is 0.315 e. The highest BCUT2D eigenvalue weighted by molar-refractivity contribution is 5.35.